The van der Waals surface area contributed by atoms with Crippen LogP contribution in [0, 0.1) is 6.92 Å². The Kier molecular flexibility index (Phi) is 4.81. The SMILES string of the molecule is Cc1c(Cl)cc(C(F)(F)F)c2nc(CCC3N=C(N4CCCC4)NN3C3CC3)nn12. The van der Waals surface area contributed by atoms with Crippen LogP contribution in [0.1, 0.15) is 49.2 Å². The van der Waals surface area contributed by atoms with Crippen LogP contribution in [0.2, 0.25) is 5.02 Å². The Morgan fingerprint density at radius 2 is 1.97 bits per heavy atom. The molecule has 5 rings (SSSR count). The normalized spacial score (nSPS) is 22.8. The van der Waals surface area contributed by atoms with Crippen LogP contribution >= 0.6 is 11.6 Å². The minimum Gasteiger partial charge on any atom is -0.342 e. The number of nitrogens with one attached hydrogen (secondary N) is 1. The summed E-state index contributed by atoms with van der Waals surface area (Å²) in [6.07, 6.45) is 1.06. The first kappa shape index (κ1) is 19.9. The Labute approximate surface area is 176 Å². The van der Waals surface area contributed by atoms with Crippen LogP contribution in [-0.4, -0.2) is 55.8 Å². The largest absolute Gasteiger partial charge is 0.420 e. The molecule has 1 saturated heterocycles. The minimum atomic E-state index is -4.55. The molecule has 4 heterocycles. The van der Waals surface area contributed by atoms with Crippen LogP contribution in [0.4, 0.5) is 13.2 Å². The van der Waals surface area contributed by atoms with Gasteiger partial charge in [-0.3, -0.25) is 5.43 Å². The molecule has 0 aromatic carbocycles. The molecular formula is C19H23ClF3N7. The van der Waals surface area contributed by atoms with Gasteiger partial charge in [-0.25, -0.2) is 14.5 Å². The van der Waals surface area contributed by atoms with Crippen molar-refractivity contribution < 1.29 is 13.2 Å². The number of aromatic nitrogens is 3. The zero-order chi connectivity index (χ0) is 21.0. The Hall–Kier alpha value is -2.07. The van der Waals surface area contributed by atoms with E-state index in [1.807, 2.05) is 0 Å². The molecule has 3 aliphatic rings. The molecular weight excluding hydrogens is 419 g/mol. The van der Waals surface area contributed by atoms with Crippen LogP contribution in [0.15, 0.2) is 11.1 Å². The van der Waals surface area contributed by atoms with Crippen molar-refractivity contribution in [2.24, 2.45) is 4.99 Å². The summed E-state index contributed by atoms with van der Waals surface area (Å²) in [5.41, 5.74) is 2.82. The predicted octanol–water partition coefficient (Wildman–Crippen LogP) is 3.40. The summed E-state index contributed by atoms with van der Waals surface area (Å²) in [5, 5.41) is 6.52. The fourth-order valence-electron chi connectivity index (χ4n) is 4.13. The van der Waals surface area contributed by atoms with E-state index in [4.69, 9.17) is 16.6 Å². The maximum atomic E-state index is 13.4. The molecule has 0 amide bonds. The van der Waals surface area contributed by atoms with Gasteiger partial charge in [0.05, 0.1) is 10.7 Å². The van der Waals surface area contributed by atoms with E-state index in [9.17, 15) is 13.2 Å². The van der Waals surface area contributed by atoms with Crippen molar-refractivity contribution in [3.05, 3.63) is 28.2 Å². The van der Waals surface area contributed by atoms with Crippen molar-refractivity contribution in [3.63, 3.8) is 0 Å². The molecule has 1 unspecified atom stereocenters. The van der Waals surface area contributed by atoms with Gasteiger partial charge in [-0.05, 0) is 45.1 Å². The van der Waals surface area contributed by atoms with Crippen molar-refractivity contribution in [2.45, 2.75) is 63.8 Å². The average Bonchev–Trinajstić information content (AvgIpc) is 3.11. The molecule has 162 valence electrons. The van der Waals surface area contributed by atoms with Gasteiger partial charge in [-0.15, -0.1) is 0 Å². The van der Waals surface area contributed by atoms with Crippen LogP contribution in [0.5, 0.6) is 0 Å². The quantitative estimate of drug-likeness (QED) is 0.788. The van der Waals surface area contributed by atoms with Crippen LogP contribution in [0.3, 0.4) is 0 Å². The van der Waals surface area contributed by atoms with Gasteiger partial charge < -0.3 is 4.90 Å². The van der Waals surface area contributed by atoms with Gasteiger partial charge in [0.25, 0.3) is 0 Å². The Morgan fingerprint density at radius 1 is 1.23 bits per heavy atom. The lowest BCUT2D eigenvalue weighted by atomic mass is 10.2. The number of rotatable bonds is 4. The standard InChI is InChI=1S/C19H23ClF3N7/c1-11-14(20)10-13(19(21,22)23)17-24-15(26-29(11)17)6-7-16-25-18(28-8-2-3-9-28)27-30(16)12-4-5-12/h10,12,16H,2-9H2,1H3,(H,25,27). The van der Waals surface area contributed by atoms with Gasteiger partial charge in [-0.2, -0.15) is 23.3 Å². The summed E-state index contributed by atoms with van der Waals surface area (Å²) < 4.78 is 41.5. The molecule has 11 heteroatoms. The van der Waals surface area contributed by atoms with E-state index in [0.29, 0.717) is 30.4 Å². The molecule has 0 radical (unpaired) electrons. The lowest BCUT2D eigenvalue weighted by Gasteiger charge is -2.24. The van der Waals surface area contributed by atoms with E-state index in [2.05, 4.69) is 25.4 Å². The molecule has 0 spiro atoms. The third kappa shape index (κ3) is 3.60. The zero-order valence-corrected chi connectivity index (χ0v) is 17.3. The molecule has 2 aromatic rings. The molecule has 7 nitrogen and oxygen atoms in total. The molecule has 2 aliphatic heterocycles. The van der Waals surface area contributed by atoms with E-state index < -0.39 is 11.7 Å². The van der Waals surface area contributed by atoms with Gasteiger partial charge in [-0.1, -0.05) is 11.6 Å². The summed E-state index contributed by atoms with van der Waals surface area (Å²) in [4.78, 5) is 11.3. The number of hydrazine groups is 1. The highest BCUT2D eigenvalue weighted by molar-refractivity contribution is 6.31. The summed E-state index contributed by atoms with van der Waals surface area (Å²) in [6, 6.07) is 1.39. The number of aryl methyl sites for hydroxylation is 2. The monoisotopic (exact) mass is 441 g/mol. The summed E-state index contributed by atoms with van der Waals surface area (Å²) in [5.74, 6) is 1.28. The summed E-state index contributed by atoms with van der Waals surface area (Å²) in [7, 11) is 0. The second-order valence-electron chi connectivity index (χ2n) is 8.17. The van der Waals surface area contributed by atoms with Gasteiger partial charge in [0.1, 0.15) is 11.7 Å². The fraction of sp³-hybridized carbons (Fsp3) is 0.632. The van der Waals surface area contributed by atoms with Gasteiger partial charge in [0.2, 0.25) is 5.96 Å². The molecule has 2 aromatic heterocycles. The predicted molar refractivity (Wildman–Crippen MR) is 106 cm³/mol. The lowest BCUT2D eigenvalue weighted by molar-refractivity contribution is -0.136. The Balaban J connectivity index is 1.38. The second kappa shape index (κ2) is 7.26. The molecule has 1 N–H and O–H groups in total. The lowest BCUT2D eigenvalue weighted by Crippen LogP contribution is -2.47. The van der Waals surface area contributed by atoms with Crippen molar-refractivity contribution in [1.29, 1.82) is 0 Å². The van der Waals surface area contributed by atoms with Crippen LogP contribution in [-0.2, 0) is 12.6 Å². The maximum absolute atomic E-state index is 13.4. The number of likely N-dealkylation sites (tertiary alicyclic amines) is 1. The molecule has 0 bridgehead atoms. The smallest absolute Gasteiger partial charge is 0.342 e. The van der Waals surface area contributed by atoms with Crippen molar-refractivity contribution >= 4 is 23.2 Å². The van der Waals surface area contributed by atoms with Gasteiger partial charge >= 0.3 is 6.18 Å². The first-order chi connectivity index (χ1) is 14.3. The number of pyridine rings is 1. The number of hydrogen-bond acceptors (Lipinski definition) is 6. The highest BCUT2D eigenvalue weighted by atomic mass is 35.5. The van der Waals surface area contributed by atoms with Crippen molar-refractivity contribution in [3.8, 4) is 0 Å². The highest BCUT2D eigenvalue weighted by Gasteiger charge is 2.40. The first-order valence-corrected chi connectivity index (χ1v) is 10.7. The number of aliphatic imine (C=N–C) groups is 1. The minimum absolute atomic E-state index is 0.0195. The molecule has 1 atom stereocenters. The fourth-order valence-corrected chi connectivity index (χ4v) is 4.32. The molecule has 30 heavy (non-hydrogen) atoms. The number of halogens is 4. The molecule has 2 fully saturated rings. The highest BCUT2D eigenvalue weighted by Crippen LogP contribution is 2.35. The average molecular weight is 442 g/mol. The molecule has 1 saturated carbocycles. The van der Waals surface area contributed by atoms with E-state index in [-0.39, 0.29) is 16.8 Å². The summed E-state index contributed by atoms with van der Waals surface area (Å²) >= 11 is 6.00. The van der Waals surface area contributed by atoms with Crippen molar-refractivity contribution in [2.75, 3.05) is 13.1 Å². The second-order valence-corrected chi connectivity index (χ2v) is 8.58. The van der Waals surface area contributed by atoms with Gasteiger partial charge in [0, 0.05) is 25.6 Å². The van der Waals surface area contributed by atoms with Gasteiger partial charge in [0.15, 0.2) is 11.5 Å². The van der Waals surface area contributed by atoms with E-state index >= 15 is 0 Å². The maximum Gasteiger partial charge on any atom is 0.420 e. The number of fused-ring (bicyclic) bond motifs is 1. The van der Waals surface area contributed by atoms with Crippen LogP contribution < -0.4 is 5.43 Å². The number of alkyl halides is 3. The number of nitrogens with zero attached hydrogens (tertiary/aromatic N) is 6. The first-order valence-electron chi connectivity index (χ1n) is 10.3. The third-order valence-electron chi connectivity index (χ3n) is 5.93. The Morgan fingerprint density at radius 3 is 2.63 bits per heavy atom. The van der Waals surface area contributed by atoms with E-state index in [0.717, 1.165) is 38.0 Å². The van der Waals surface area contributed by atoms with E-state index in [1.165, 1.54) is 17.4 Å². The van der Waals surface area contributed by atoms with Crippen LogP contribution in [0.25, 0.3) is 5.65 Å². The van der Waals surface area contributed by atoms with Crippen molar-refractivity contribution in [1.82, 2.24) is 29.9 Å². The van der Waals surface area contributed by atoms with E-state index in [1.54, 1.807) is 6.92 Å². The zero-order valence-electron chi connectivity index (χ0n) is 16.6. The Bertz CT molecular complexity index is 992. The third-order valence-corrected chi connectivity index (χ3v) is 6.31. The topological polar surface area (TPSA) is 61.1 Å². The summed E-state index contributed by atoms with van der Waals surface area (Å²) in [6.45, 7) is 3.65. The number of hydrogen-bond donors (Lipinski definition) is 1. The number of guanidine groups is 1. The molecule has 1 aliphatic carbocycles.